The lowest BCUT2D eigenvalue weighted by molar-refractivity contribution is 0.414. The van der Waals surface area contributed by atoms with E-state index in [1.807, 2.05) is 6.07 Å². The zero-order chi connectivity index (χ0) is 10.7. The third-order valence-corrected chi connectivity index (χ3v) is 2.60. The van der Waals surface area contributed by atoms with Gasteiger partial charge in [-0.15, -0.1) is 0 Å². The van der Waals surface area contributed by atoms with Crippen LogP contribution in [-0.4, -0.2) is 26.7 Å². The Bertz CT molecular complexity index is 374. The largest absolute Gasteiger partial charge is 0.497 e. The second kappa shape index (κ2) is 4.36. The van der Waals surface area contributed by atoms with Gasteiger partial charge in [0.1, 0.15) is 5.75 Å². The number of methoxy groups -OCH3 is 1. The minimum atomic E-state index is 0.671. The average Bonchev–Trinajstić information content (AvgIpc) is 2.29. The summed E-state index contributed by atoms with van der Waals surface area (Å²) >= 11 is 0. The molecule has 0 amide bonds. The molecule has 3 nitrogen and oxygen atoms in total. The molecule has 0 saturated heterocycles. The molecule has 0 unspecified atom stereocenters. The van der Waals surface area contributed by atoms with Crippen molar-refractivity contribution in [2.75, 3.05) is 31.6 Å². The number of ether oxygens (including phenoxy) is 1. The summed E-state index contributed by atoms with van der Waals surface area (Å²) in [7, 11) is 1.69. The Morgan fingerprint density at radius 2 is 2.33 bits per heavy atom. The molecule has 0 radical (unpaired) electrons. The van der Waals surface area contributed by atoms with Gasteiger partial charge in [0.2, 0.25) is 0 Å². The van der Waals surface area contributed by atoms with Crippen LogP contribution in [-0.2, 0) is 0 Å². The average molecular weight is 204 g/mol. The molecule has 3 heteroatoms. The third kappa shape index (κ3) is 1.97. The number of nitrogens with two attached hydrogens (primary N) is 1. The molecule has 1 aliphatic heterocycles. The van der Waals surface area contributed by atoms with E-state index in [1.54, 1.807) is 7.11 Å². The van der Waals surface area contributed by atoms with Crippen molar-refractivity contribution in [2.45, 2.75) is 0 Å². The van der Waals surface area contributed by atoms with Crippen LogP contribution in [0.1, 0.15) is 5.56 Å². The number of rotatable bonds is 3. The first kappa shape index (κ1) is 10.1. The zero-order valence-corrected chi connectivity index (χ0v) is 8.94. The van der Waals surface area contributed by atoms with Crippen molar-refractivity contribution >= 4 is 11.8 Å². The van der Waals surface area contributed by atoms with E-state index in [0.29, 0.717) is 6.54 Å². The van der Waals surface area contributed by atoms with Gasteiger partial charge in [-0.3, -0.25) is 0 Å². The van der Waals surface area contributed by atoms with Gasteiger partial charge in [0, 0.05) is 31.4 Å². The lowest BCUT2D eigenvalue weighted by Crippen LogP contribution is -2.31. The highest BCUT2D eigenvalue weighted by Crippen LogP contribution is 2.29. The fourth-order valence-corrected chi connectivity index (χ4v) is 1.84. The molecule has 1 aliphatic rings. The van der Waals surface area contributed by atoms with E-state index in [0.717, 1.165) is 18.8 Å². The molecule has 0 aromatic heterocycles. The summed E-state index contributed by atoms with van der Waals surface area (Å²) in [5.74, 6) is 0.895. The number of benzene rings is 1. The fraction of sp³-hybridized carbons (Fsp3) is 0.333. The number of hydrogen-bond donors (Lipinski definition) is 1. The fourth-order valence-electron chi connectivity index (χ4n) is 1.84. The Morgan fingerprint density at radius 1 is 1.47 bits per heavy atom. The summed E-state index contributed by atoms with van der Waals surface area (Å²) in [5.41, 5.74) is 8.03. The second-order valence-electron chi connectivity index (χ2n) is 3.56. The molecule has 0 saturated carbocycles. The monoisotopic (exact) mass is 204 g/mol. The molecule has 0 spiro atoms. The Hall–Kier alpha value is -1.48. The Morgan fingerprint density at radius 3 is 3.07 bits per heavy atom. The SMILES string of the molecule is COc1ccc2c(c1)N(CCN)CC=C2. The van der Waals surface area contributed by atoms with E-state index in [1.165, 1.54) is 11.3 Å². The third-order valence-electron chi connectivity index (χ3n) is 2.60. The smallest absolute Gasteiger partial charge is 0.120 e. The van der Waals surface area contributed by atoms with Gasteiger partial charge in [0.15, 0.2) is 0 Å². The van der Waals surface area contributed by atoms with Crippen LogP contribution in [0.2, 0.25) is 0 Å². The molecule has 0 fully saturated rings. The van der Waals surface area contributed by atoms with Crippen LogP contribution in [0, 0.1) is 0 Å². The molecule has 80 valence electrons. The summed E-state index contributed by atoms with van der Waals surface area (Å²) in [5, 5.41) is 0. The van der Waals surface area contributed by atoms with Crippen LogP contribution in [0.4, 0.5) is 5.69 Å². The first-order valence-corrected chi connectivity index (χ1v) is 5.14. The number of fused-ring (bicyclic) bond motifs is 1. The first-order valence-electron chi connectivity index (χ1n) is 5.14. The predicted molar refractivity (Wildman–Crippen MR) is 63.3 cm³/mol. The van der Waals surface area contributed by atoms with Crippen molar-refractivity contribution in [3.8, 4) is 5.75 Å². The minimum absolute atomic E-state index is 0.671. The highest BCUT2D eigenvalue weighted by Gasteiger charge is 2.12. The Balaban J connectivity index is 2.35. The van der Waals surface area contributed by atoms with Gasteiger partial charge in [0.25, 0.3) is 0 Å². The van der Waals surface area contributed by atoms with E-state index in [2.05, 4.69) is 29.2 Å². The summed E-state index contributed by atoms with van der Waals surface area (Å²) in [6.45, 7) is 2.48. The maximum atomic E-state index is 5.59. The summed E-state index contributed by atoms with van der Waals surface area (Å²) in [6.07, 6.45) is 4.30. The number of anilines is 1. The number of nitrogens with zero attached hydrogens (tertiary/aromatic N) is 1. The second-order valence-corrected chi connectivity index (χ2v) is 3.56. The standard InChI is InChI=1S/C12H16N2O/c1-15-11-5-4-10-3-2-7-14(8-6-13)12(10)9-11/h2-5,9H,6-8,13H2,1H3. The van der Waals surface area contributed by atoms with Crippen LogP contribution in [0.15, 0.2) is 24.3 Å². The van der Waals surface area contributed by atoms with E-state index in [-0.39, 0.29) is 0 Å². The van der Waals surface area contributed by atoms with E-state index < -0.39 is 0 Å². The van der Waals surface area contributed by atoms with Gasteiger partial charge in [-0.1, -0.05) is 12.2 Å². The van der Waals surface area contributed by atoms with Crippen molar-refractivity contribution in [1.82, 2.24) is 0 Å². The van der Waals surface area contributed by atoms with Crippen molar-refractivity contribution in [2.24, 2.45) is 5.73 Å². The normalized spacial score (nSPS) is 13.9. The van der Waals surface area contributed by atoms with Crippen molar-refractivity contribution < 1.29 is 4.74 Å². The van der Waals surface area contributed by atoms with Gasteiger partial charge in [-0.05, 0) is 17.7 Å². The lowest BCUT2D eigenvalue weighted by atomic mass is 10.1. The molecule has 0 atom stereocenters. The van der Waals surface area contributed by atoms with E-state index >= 15 is 0 Å². The first-order chi connectivity index (χ1) is 7.35. The highest BCUT2D eigenvalue weighted by atomic mass is 16.5. The quantitative estimate of drug-likeness (QED) is 0.810. The van der Waals surface area contributed by atoms with Crippen LogP contribution in [0.25, 0.3) is 6.08 Å². The predicted octanol–water partition coefficient (Wildman–Crippen LogP) is 1.49. The summed E-state index contributed by atoms with van der Waals surface area (Å²) < 4.78 is 5.22. The van der Waals surface area contributed by atoms with E-state index in [9.17, 15) is 0 Å². The molecule has 1 heterocycles. The van der Waals surface area contributed by atoms with Gasteiger partial charge in [0.05, 0.1) is 7.11 Å². The Kier molecular flexibility index (Phi) is 2.92. The van der Waals surface area contributed by atoms with Crippen molar-refractivity contribution in [3.05, 3.63) is 29.8 Å². The molecule has 2 rings (SSSR count). The van der Waals surface area contributed by atoms with E-state index in [4.69, 9.17) is 10.5 Å². The zero-order valence-electron chi connectivity index (χ0n) is 8.94. The Labute approximate surface area is 90.1 Å². The summed E-state index contributed by atoms with van der Waals surface area (Å²) in [6, 6.07) is 6.12. The maximum Gasteiger partial charge on any atom is 0.120 e. The lowest BCUT2D eigenvalue weighted by Gasteiger charge is -2.27. The van der Waals surface area contributed by atoms with Gasteiger partial charge in [-0.2, -0.15) is 0 Å². The number of hydrogen-bond acceptors (Lipinski definition) is 3. The molecule has 0 bridgehead atoms. The van der Waals surface area contributed by atoms with Gasteiger partial charge >= 0.3 is 0 Å². The van der Waals surface area contributed by atoms with Crippen LogP contribution < -0.4 is 15.4 Å². The van der Waals surface area contributed by atoms with Crippen molar-refractivity contribution in [1.29, 1.82) is 0 Å². The molecule has 15 heavy (non-hydrogen) atoms. The highest BCUT2D eigenvalue weighted by molar-refractivity contribution is 5.72. The van der Waals surface area contributed by atoms with Crippen LogP contribution in [0.3, 0.4) is 0 Å². The molecular weight excluding hydrogens is 188 g/mol. The molecule has 0 aliphatic carbocycles. The summed E-state index contributed by atoms with van der Waals surface area (Å²) in [4.78, 5) is 2.26. The maximum absolute atomic E-state index is 5.59. The van der Waals surface area contributed by atoms with Gasteiger partial charge < -0.3 is 15.4 Å². The minimum Gasteiger partial charge on any atom is -0.497 e. The molecule has 1 aromatic carbocycles. The molecule has 1 aromatic rings. The van der Waals surface area contributed by atoms with Crippen LogP contribution >= 0.6 is 0 Å². The topological polar surface area (TPSA) is 38.5 Å². The van der Waals surface area contributed by atoms with Crippen molar-refractivity contribution in [3.63, 3.8) is 0 Å². The van der Waals surface area contributed by atoms with Crippen LogP contribution in [0.5, 0.6) is 5.75 Å². The molecular formula is C12H16N2O. The molecule has 2 N–H and O–H groups in total. The van der Waals surface area contributed by atoms with Gasteiger partial charge in [-0.25, -0.2) is 0 Å².